The molecule has 1 aromatic carbocycles. The van der Waals surface area contributed by atoms with Crippen molar-refractivity contribution >= 4 is 11.6 Å². The van der Waals surface area contributed by atoms with Crippen LogP contribution in [0.3, 0.4) is 0 Å². The molecule has 16 heavy (non-hydrogen) atoms. The summed E-state index contributed by atoms with van der Waals surface area (Å²) in [5.41, 5.74) is 6.50. The molecular formula is C12H18ClNO2. The van der Waals surface area contributed by atoms with Crippen LogP contribution >= 0.6 is 11.6 Å². The van der Waals surface area contributed by atoms with Crippen molar-refractivity contribution in [3.63, 3.8) is 0 Å². The largest absolute Gasteiger partial charge is 0.495 e. The number of halogens is 1. The molecule has 0 radical (unpaired) electrons. The van der Waals surface area contributed by atoms with Crippen LogP contribution in [0, 0.1) is 0 Å². The van der Waals surface area contributed by atoms with Gasteiger partial charge in [0.15, 0.2) is 0 Å². The minimum atomic E-state index is -0.309. The zero-order chi connectivity index (χ0) is 12.2. The van der Waals surface area contributed by atoms with Crippen LogP contribution in [0.2, 0.25) is 5.02 Å². The van der Waals surface area contributed by atoms with Gasteiger partial charge in [0.1, 0.15) is 5.75 Å². The van der Waals surface area contributed by atoms with Gasteiger partial charge in [0.05, 0.1) is 25.3 Å². The fourth-order valence-corrected chi connectivity index (χ4v) is 1.51. The van der Waals surface area contributed by atoms with E-state index in [4.69, 9.17) is 26.8 Å². The number of rotatable bonds is 5. The molecule has 0 heterocycles. The third-order valence-electron chi connectivity index (χ3n) is 1.96. The second kappa shape index (κ2) is 5.53. The van der Waals surface area contributed by atoms with Crippen molar-refractivity contribution in [1.82, 2.24) is 0 Å². The molecule has 0 saturated heterocycles. The molecule has 1 rings (SSSR count). The monoisotopic (exact) mass is 243 g/mol. The van der Waals surface area contributed by atoms with Crippen LogP contribution < -0.4 is 10.5 Å². The second-order valence-electron chi connectivity index (χ2n) is 4.45. The molecule has 0 unspecified atom stereocenters. The summed E-state index contributed by atoms with van der Waals surface area (Å²) in [7, 11) is 1.59. The lowest BCUT2D eigenvalue weighted by atomic mass is 10.1. The van der Waals surface area contributed by atoms with Crippen LogP contribution in [-0.2, 0) is 11.3 Å². The molecule has 3 nitrogen and oxygen atoms in total. The van der Waals surface area contributed by atoms with Gasteiger partial charge in [-0.1, -0.05) is 17.7 Å². The predicted octanol–water partition coefficient (Wildman–Crippen LogP) is 2.60. The van der Waals surface area contributed by atoms with Gasteiger partial charge in [-0.2, -0.15) is 0 Å². The van der Waals surface area contributed by atoms with Gasteiger partial charge < -0.3 is 15.2 Å². The third-order valence-corrected chi connectivity index (χ3v) is 2.25. The van der Waals surface area contributed by atoms with Crippen molar-refractivity contribution in [1.29, 1.82) is 0 Å². The zero-order valence-corrected chi connectivity index (χ0v) is 10.7. The quantitative estimate of drug-likeness (QED) is 0.865. The summed E-state index contributed by atoms with van der Waals surface area (Å²) in [6, 6.07) is 5.59. The molecule has 2 N–H and O–H groups in total. The average Bonchev–Trinajstić information content (AvgIpc) is 2.16. The molecule has 0 aliphatic heterocycles. The van der Waals surface area contributed by atoms with Crippen molar-refractivity contribution in [3.05, 3.63) is 28.8 Å². The van der Waals surface area contributed by atoms with Crippen molar-refractivity contribution in [2.24, 2.45) is 5.73 Å². The molecule has 1 aromatic rings. The van der Waals surface area contributed by atoms with Crippen molar-refractivity contribution < 1.29 is 9.47 Å². The Morgan fingerprint density at radius 1 is 1.38 bits per heavy atom. The Labute approximate surface area is 101 Å². The van der Waals surface area contributed by atoms with Gasteiger partial charge in [-0.05, 0) is 31.5 Å². The van der Waals surface area contributed by atoms with Crippen LogP contribution in [0.15, 0.2) is 18.2 Å². The van der Waals surface area contributed by atoms with E-state index in [-0.39, 0.29) is 5.54 Å². The first kappa shape index (κ1) is 13.3. The van der Waals surface area contributed by atoms with E-state index in [0.717, 1.165) is 5.56 Å². The number of hydrogen-bond donors (Lipinski definition) is 1. The number of ether oxygens (including phenoxy) is 2. The van der Waals surface area contributed by atoms with Gasteiger partial charge in [0.2, 0.25) is 0 Å². The van der Waals surface area contributed by atoms with Crippen LogP contribution in [0.25, 0.3) is 0 Å². The van der Waals surface area contributed by atoms with Crippen LogP contribution in [-0.4, -0.2) is 19.3 Å². The highest BCUT2D eigenvalue weighted by atomic mass is 35.5. The van der Waals surface area contributed by atoms with E-state index < -0.39 is 0 Å². The summed E-state index contributed by atoms with van der Waals surface area (Å²) in [6.45, 7) is 4.86. The topological polar surface area (TPSA) is 44.5 Å². The molecule has 0 aliphatic carbocycles. The molecule has 0 atom stereocenters. The lowest BCUT2D eigenvalue weighted by Gasteiger charge is -2.18. The van der Waals surface area contributed by atoms with E-state index in [0.29, 0.717) is 24.0 Å². The van der Waals surface area contributed by atoms with Gasteiger partial charge in [-0.25, -0.2) is 0 Å². The van der Waals surface area contributed by atoms with E-state index in [1.165, 1.54) is 0 Å². The van der Waals surface area contributed by atoms with Crippen molar-refractivity contribution in [2.45, 2.75) is 26.0 Å². The first-order valence-electron chi connectivity index (χ1n) is 5.11. The lowest BCUT2D eigenvalue weighted by Crippen LogP contribution is -2.37. The summed E-state index contributed by atoms with van der Waals surface area (Å²) in [5, 5.41) is 0.593. The Morgan fingerprint density at radius 3 is 2.56 bits per heavy atom. The Morgan fingerprint density at radius 2 is 2.06 bits per heavy atom. The number of nitrogens with two attached hydrogens (primary N) is 1. The predicted molar refractivity (Wildman–Crippen MR) is 65.9 cm³/mol. The highest BCUT2D eigenvalue weighted by Crippen LogP contribution is 2.25. The summed E-state index contributed by atoms with van der Waals surface area (Å²) >= 11 is 5.99. The van der Waals surface area contributed by atoms with E-state index in [1.54, 1.807) is 7.11 Å². The highest BCUT2D eigenvalue weighted by molar-refractivity contribution is 6.32. The van der Waals surface area contributed by atoms with Crippen LogP contribution in [0.1, 0.15) is 19.4 Å². The van der Waals surface area contributed by atoms with Crippen LogP contribution in [0.5, 0.6) is 5.75 Å². The lowest BCUT2D eigenvalue weighted by molar-refractivity contribution is 0.0851. The zero-order valence-electron chi connectivity index (χ0n) is 9.92. The standard InChI is InChI=1S/C12H18ClNO2/c1-12(2,14)8-16-7-9-4-5-11(15-3)10(13)6-9/h4-6H,7-8,14H2,1-3H3. The Kier molecular flexibility index (Phi) is 4.59. The summed E-state index contributed by atoms with van der Waals surface area (Å²) in [4.78, 5) is 0. The molecule has 0 aromatic heterocycles. The molecule has 0 spiro atoms. The molecule has 90 valence electrons. The molecule has 0 aliphatic rings. The Balaban J connectivity index is 2.52. The molecule has 0 fully saturated rings. The van der Waals surface area contributed by atoms with Gasteiger partial charge in [-0.15, -0.1) is 0 Å². The van der Waals surface area contributed by atoms with Gasteiger partial charge in [0.25, 0.3) is 0 Å². The summed E-state index contributed by atoms with van der Waals surface area (Å²) in [6.07, 6.45) is 0. The van der Waals surface area contributed by atoms with Crippen molar-refractivity contribution in [3.8, 4) is 5.75 Å². The maximum Gasteiger partial charge on any atom is 0.137 e. The van der Waals surface area contributed by atoms with Gasteiger partial charge in [0, 0.05) is 5.54 Å². The molecule has 0 bridgehead atoms. The third kappa shape index (κ3) is 4.39. The van der Waals surface area contributed by atoms with E-state index in [1.807, 2.05) is 32.0 Å². The van der Waals surface area contributed by atoms with Gasteiger partial charge in [-0.3, -0.25) is 0 Å². The fraction of sp³-hybridized carbons (Fsp3) is 0.500. The average molecular weight is 244 g/mol. The number of hydrogen-bond acceptors (Lipinski definition) is 3. The fourth-order valence-electron chi connectivity index (χ4n) is 1.23. The second-order valence-corrected chi connectivity index (χ2v) is 4.86. The summed E-state index contributed by atoms with van der Waals surface area (Å²) in [5.74, 6) is 0.671. The Hall–Kier alpha value is -0.770. The maximum atomic E-state index is 5.99. The number of benzene rings is 1. The van der Waals surface area contributed by atoms with Gasteiger partial charge >= 0.3 is 0 Å². The maximum absolute atomic E-state index is 5.99. The van der Waals surface area contributed by atoms with Crippen LogP contribution in [0.4, 0.5) is 0 Å². The van der Waals surface area contributed by atoms with Crippen molar-refractivity contribution in [2.75, 3.05) is 13.7 Å². The molecule has 0 amide bonds. The molecular weight excluding hydrogens is 226 g/mol. The van der Waals surface area contributed by atoms with E-state index in [2.05, 4.69) is 0 Å². The minimum Gasteiger partial charge on any atom is -0.495 e. The first-order chi connectivity index (χ1) is 7.42. The molecule has 0 saturated carbocycles. The first-order valence-corrected chi connectivity index (χ1v) is 5.49. The normalized spacial score (nSPS) is 11.6. The molecule has 4 heteroatoms. The smallest absolute Gasteiger partial charge is 0.137 e. The Bertz CT molecular complexity index is 347. The van der Waals surface area contributed by atoms with E-state index in [9.17, 15) is 0 Å². The minimum absolute atomic E-state index is 0.309. The summed E-state index contributed by atoms with van der Waals surface area (Å²) < 4.78 is 10.6. The van der Waals surface area contributed by atoms with E-state index >= 15 is 0 Å². The SMILES string of the molecule is COc1ccc(COCC(C)(C)N)cc1Cl. The highest BCUT2D eigenvalue weighted by Gasteiger charge is 2.10. The number of methoxy groups -OCH3 is 1.